The highest BCUT2D eigenvalue weighted by molar-refractivity contribution is 5.85. The average molecular weight is 286 g/mol. The Kier molecular flexibility index (Phi) is 5.30. The predicted octanol–water partition coefficient (Wildman–Crippen LogP) is 3.00. The van der Waals surface area contributed by atoms with E-state index in [4.69, 9.17) is 0 Å². The second-order valence-corrected chi connectivity index (χ2v) is 5.48. The molecule has 0 saturated carbocycles. The maximum absolute atomic E-state index is 12.3. The summed E-state index contributed by atoms with van der Waals surface area (Å²) in [5, 5.41) is 5.68. The molecule has 1 unspecified atom stereocenters. The van der Waals surface area contributed by atoms with Gasteiger partial charge in [-0.25, -0.2) is 0 Å². The fourth-order valence-corrected chi connectivity index (χ4v) is 1.56. The Balaban J connectivity index is 2.75. The summed E-state index contributed by atoms with van der Waals surface area (Å²) in [6, 6.07) is 5.69. The number of rotatable bonds is 5. The van der Waals surface area contributed by atoms with Gasteiger partial charge in [0.15, 0.2) is 0 Å². The second kappa shape index (κ2) is 6.54. The Morgan fingerprint density at radius 2 is 1.85 bits per heavy atom. The lowest BCUT2D eigenvalue weighted by atomic mass is 10.1. The van der Waals surface area contributed by atoms with Gasteiger partial charge in [-0.05, 0) is 39.8 Å². The van der Waals surface area contributed by atoms with Crippen molar-refractivity contribution in [3.63, 3.8) is 0 Å². The van der Waals surface area contributed by atoms with Gasteiger partial charge in [0.05, 0.1) is 5.69 Å². The summed E-state index contributed by atoms with van der Waals surface area (Å²) in [4.78, 5) is 11.9. The Morgan fingerprint density at radius 3 is 2.40 bits per heavy atom. The summed E-state index contributed by atoms with van der Waals surface area (Å²) in [5.41, 5.74) is -0.00389. The molecule has 1 rings (SSSR count). The largest absolute Gasteiger partial charge is 0.433 e. The molecule has 1 amide bonds. The van der Waals surface area contributed by atoms with Crippen molar-refractivity contribution in [2.75, 3.05) is 5.32 Å². The SMILES string of the molecule is CC(Nc1ccccc1OC(F)F)C(=O)NC(C)(C)C. The van der Waals surface area contributed by atoms with Crippen LogP contribution in [0.5, 0.6) is 5.75 Å². The normalized spacial score (nSPS) is 12.9. The van der Waals surface area contributed by atoms with Crippen molar-refractivity contribution in [2.45, 2.75) is 45.9 Å². The van der Waals surface area contributed by atoms with E-state index in [9.17, 15) is 13.6 Å². The van der Waals surface area contributed by atoms with Crippen LogP contribution in [0, 0.1) is 0 Å². The number of ether oxygens (including phenoxy) is 1. The van der Waals surface area contributed by atoms with E-state index in [1.54, 1.807) is 25.1 Å². The Morgan fingerprint density at radius 1 is 1.25 bits per heavy atom. The summed E-state index contributed by atoms with van der Waals surface area (Å²) in [5.74, 6) is -0.206. The molecule has 1 atom stereocenters. The van der Waals surface area contributed by atoms with Gasteiger partial charge in [-0.1, -0.05) is 12.1 Å². The summed E-state index contributed by atoms with van der Waals surface area (Å²) < 4.78 is 29.0. The van der Waals surface area contributed by atoms with Crippen molar-refractivity contribution in [3.8, 4) is 5.75 Å². The number of hydrogen-bond acceptors (Lipinski definition) is 3. The number of benzene rings is 1. The first-order valence-electron chi connectivity index (χ1n) is 6.31. The van der Waals surface area contributed by atoms with Gasteiger partial charge in [0.1, 0.15) is 11.8 Å². The number of carbonyl (C=O) groups is 1. The molecule has 6 heteroatoms. The zero-order valence-corrected chi connectivity index (χ0v) is 12.0. The van der Waals surface area contributed by atoms with Gasteiger partial charge in [0.25, 0.3) is 0 Å². The number of hydrogen-bond donors (Lipinski definition) is 2. The van der Waals surface area contributed by atoms with Crippen LogP contribution in [0.2, 0.25) is 0 Å². The molecule has 0 aromatic heterocycles. The number of halogens is 2. The van der Waals surface area contributed by atoms with Crippen LogP contribution in [0.1, 0.15) is 27.7 Å². The molecule has 20 heavy (non-hydrogen) atoms. The molecule has 0 spiro atoms. The van der Waals surface area contributed by atoms with Gasteiger partial charge in [-0.3, -0.25) is 4.79 Å². The topological polar surface area (TPSA) is 50.4 Å². The van der Waals surface area contributed by atoms with Crippen LogP contribution >= 0.6 is 0 Å². The molecular formula is C14H20F2N2O2. The third-order valence-corrected chi connectivity index (χ3v) is 2.37. The number of nitrogens with one attached hydrogen (secondary N) is 2. The van der Waals surface area contributed by atoms with Crippen LogP contribution < -0.4 is 15.4 Å². The first-order chi connectivity index (χ1) is 9.19. The average Bonchev–Trinajstić information content (AvgIpc) is 2.28. The highest BCUT2D eigenvalue weighted by atomic mass is 19.3. The van der Waals surface area contributed by atoms with Crippen LogP contribution in [0.25, 0.3) is 0 Å². The lowest BCUT2D eigenvalue weighted by Gasteiger charge is -2.24. The minimum atomic E-state index is -2.91. The molecule has 0 aliphatic heterocycles. The Bertz CT molecular complexity index is 459. The molecule has 0 heterocycles. The molecule has 0 saturated heterocycles. The summed E-state index contributed by atoms with van der Waals surface area (Å²) in [7, 11) is 0. The molecule has 0 aliphatic rings. The summed E-state index contributed by atoms with van der Waals surface area (Å²) in [6.07, 6.45) is 0. The zero-order valence-electron chi connectivity index (χ0n) is 12.0. The number of amides is 1. The van der Waals surface area contributed by atoms with Crippen LogP contribution in [0.15, 0.2) is 24.3 Å². The minimum Gasteiger partial charge on any atom is -0.433 e. The fraction of sp³-hybridized carbons (Fsp3) is 0.500. The van der Waals surface area contributed by atoms with Crippen molar-refractivity contribution in [2.24, 2.45) is 0 Å². The molecule has 1 aromatic carbocycles. The van der Waals surface area contributed by atoms with Crippen molar-refractivity contribution >= 4 is 11.6 Å². The molecular weight excluding hydrogens is 266 g/mol. The highest BCUT2D eigenvalue weighted by Crippen LogP contribution is 2.26. The minimum absolute atomic E-state index is 0.0120. The van der Waals surface area contributed by atoms with E-state index in [2.05, 4.69) is 15.4 Å². The van der Waals surface area contributed by atoms with Crippen LogP contribution in [-0.4, -0.2) is 24.1 Å². The molecule has 112 valence electrons. The van der Waals surface area contributed by atoms with Gasteiger partial charge >= 0.3 is 6.61 Å². The Labute approximate surface area is 117 Å². The molecule has 4 nitrogen and oxygen atoms in total. The second-order valence-electron chi connectivity index (χ2n) is 5.48. The molecule has 0 fully saturated rings. The maximum atomic E-state index is 12.3. The third-order valence-electron chi connectivity index (χ3n) is 2.37. The molecule has 0 aliphatic carbocycles. The maximum Gasteiger partial charge on any atom is 0.387 e. The Hall–Kier alpha value is -1.85. The van der Waals surface area contributed by atoms with E-state index < -0.39 is 12.7 Å². The first-order valence-corrected chi connectivity index (χ1v) is 6.31. The first kappa shape index (κ1) is 16.2. The highest BCUT2D eigenvalue weighted by Gasteiger charge is 2.20. The quantitative estimate of drug-likeness (QED) is 0.875. The zero-order chi connectivity index (χ0) is 15.3. The van der Waals surface area contributed by atoms with E-state index in [-0.39, 0.29) is 17.2 Å². The molecule has 0 bridgehead atoms. The number of carbonyl (C=O) groups excluding carboxylic acids is 1. The fourth-order valence-electron chi connectivity index (χ4n) is 1.56. The van der Waals surface area contributed by atoms with Gasteiger partial charge < -0.3 is 15.4 Å². The van der Waals surface area contributed by atoms with Crippen molar-refractivity contribution < 1.29 is 18.3 Å². The van der Waals surface area contributed by atoms with E-state index in [1.165, 1.54) is 6.07 Å². The molecule has 0 radical (unpaired) electrons. The van der Waals surface area contributed by atoms with Gasteiger partial charge in [0, 0.05) is 5.54 Å². The number of para-hydroxylation sites is 2. The van der Waals surface area contributed by atoms with Crippen LogP contribution in [0.4, 0.5) is 14.5 Å². The lowest BCUT2D eigenvalue weighted by Crippen LogP contribution is -2.47. The number of anilines is 1. The summed E-state index contributed by atoms with van der Waals surface area (Å²) >= 11 is 0. The summed E-state index contributed by atoms with van der Waals surface area (Å²) in [6.45, 7) is 4.35. The van der Waals surface area contributed by atoms with Gasteiger partial charge in [-0.15, -0.1) is 0 Å². The van der Waals surface area contributed by atoms with Crippen LogP contribution in [-0.2, 0) is 4.79 Å². The van der Waals surface area contributed by atoms with Crippen molar-refractivity contribution in [1.29, 1.82) is 0 Å². The third kappa shape index (κ3) is 5.42. The van der Waals surface area contributed by atoms with E-state index in [0.717, 1.165) is 0 Å². The number of alkyl halides is 2. The van der Waals surface area contributed by atoms with Crippen molar-refractivity contribution in [3.05, 3.63) is 24.3 Å². The predicted molar refractivity (Wildman–Crippen MR) is 74.1 cm³/mol. The van der Waals surface area contributed by atoms with E-state index in [1.807, 2.05) is 20.8 Å². The van der Waals surface area contributed by atoms with Gasteiger partial charge in [0.2, 0.25) is 5.91 Å². The molecule has 1 aromatic rings. The van der Waals surface area contributed by atoms with E-state index >= 15 is 0 Å². The smallest absolute Gasteiger partial charge is 0.387 e. The van der Waals surface area contributed by atoms with Crippen molar-refractivity contribution in [1.82, 2.24) is 5.32 Å². The molecule has 2 N–H and O–H groups in total. The van der Waals surface area contributed by atoms with E-state index in [0.29, 0.717) is 5.69 Å². The standard InChI is InChI=1S/C14H20F2N2O2/c1-9(12(19)18-14(2,3)4)17-10-7-5-6-8-11(10)20-13(15)16/h5-9,13,17H,1-4H3,(H,18,19). The lowest BCUT2D eigenvalue weighted by molar-refractivity contribution is -0.122. The van der Waals surface area contributed by atoms with Gasteiger partial charge in [-0.2, -0.15) is 8.78 Å². The van der Waals surface area contributed by atoms with Crippen LogP contribution in [0.3, 0.4) is 0 Å². The monoisotopic (exact) mass is 286 g/mol.